The number of amides is 1. The topological polar surface area (TPSA) is 114 Å². The van der Waals surface area contributed by atoms with Gasteiger partial charge in [-0.15, -0.1) is 11.3 Å². The monoisotopic (exact) mass is 431 g/mol. The molecule has 0 aliphatic rings. The van der Waals surface area contributed by atoms with Crippen molar-refractivity contribution in [3.63, 3.8) is 0 Å². The first-order chi connectivity index (χ1) is 13.8. The summed E-state index contributed by atoms with van der Waals surface area (Å²) in [6.07, 6.45) is 3.75. The maximum Gasteiger partial charge on any atom is 0.267 e. The van der Waals surface area contributed by atoms with Gasteiger partial charge in [0.25, 0.3) is 5.91 Å². The lowest BCUT2D eigenvalue weighted by Crippen LogP contribution is -2.18. The van der Waals surface area contributed by atoms with E-state index >= 15 is 0 Å². The summed E-state index contributed by atoms with van der Waals surface area (Å²) in [7, 11) is -3.42. The minimum absolute atomic E-state index is 0.0351. The zero-order valence-corrected chi connectivity index (χ0v) is 17.9. The van der Waals surface area contributed by atoms with Gasteiger partial charge in [-0.3, -0.25) is 9.52 Å². The Morgan fingerprint density at radius 1 is 1.10 bits per heavy atom. The SMILES string of the molecule is CCCS(=O)(=O)Nc1cccc(NC(=O)c2sc(-c3ncccn3)nc2C)c1C. The zero-order valence-electron chi connectivity index (χ0n) is 16.3. The minimum Gasteiger partial charge on any atom is -0.321 e. The maximum absolute atomic E-state index is 12.8. The van der Waals surface area contributed by atoms with E-state index in [4.69, 9.17) is 0 Å². The molecule has 1 aromatic carbocycles. The van der Waals surface area contributed by atoms with E-state index < -0.39 is 10.0 Å². The number of hydrogen-bond acceptors (Lipinski definition) is 7. The number of carbonyl (C=O) groups excluding carboxylic acids is 1. The minimum atomic E-state index is -3.42. The van der Waals surface area contributed by atoms with Crippen molar-refractivity contribution in [1.82, 2.24) is 15.0 Å². The number of benzene rings is 1. The molecule has 0 fully saturated rings. The van der Waals surface area contributed by atoms with Crippen molar-refractivity contribution in [2.75, 3.05) is 15.8 Å². The Labute approximate surface area is 173 Å². The smallest absolute Gasteiger partial charge is 0.267 e. The van der Waals surface area contributed by atoms with Crippen molar-refractivity contribution in [1.29, 1.82) is 0 Å². The van der Waals surface area contributed by atoms with E-state index in [9.17, 15) is 13.2 Å². The molecule has 0 spiro atoms. The molecule has 0 radical (unpaired) electrons. The molecule has 10 heteroatoms. The molecule has 3 aromatic rings. The van der Waals surface area contributed by atoms with Crippen LogP contribution in [0.2, 0.25) is 0 Å². The van der Waals surface area contributed by atoms with Crippen LogP contribution in [0.25, 0.3) is 10.8 Å². The fourth-order valence-corrected chi connectivity index (χ4v) is 4.77. The van der Waals surface area contributed by atoms with Gasteiger partial charge in [-0.25, -0.2) is 23.4 Å². The molecule has 0 unspecified atom stereocenters. The summed E-state index contributed by atoms with van der Waals surface area (Å²) < 4.78 is 26.7. The van der Waals surface area contributed by atoms with E-state index in [1.807, 2.05) is 0 Å². The van der Waals surface area contributed by atoms with Gasteiger partial charge in [0.05, 0.1) is 17.1 Å². The Hall–Kier alpha value is -2.85. The molecule has 0 saturated heterocycles. The average Bonchev–Trinajstić information content (AvgIpc) is 3.07. The lowest BCUT2D eigenvalue weighted by atomic mass is 10.1. The number of hydrogen-bond donors (Lipinski definition) is 2. The number of aryl methyl sites for hydroxylation is 1. The van der Waals surface area contributed by atoms with Crippen LogP contribution in [0.5, 0.6) is 0 Å². The Bertz CT molecular complexity index is 1130. The second-order valence-corrected chi connectivity index (χ2v) is 9.20. The second kappa shape index (κ2) is 8.66. The standard InChI is InChI=1S/C19H21N5O3S2/c1-4-11-29(26,27)24-15-8-5-7-14(12(15)2)23-18(25)16-13(3)22-19(28-16)17-20-9-6-10-21-17/h5-10,24H,4,11H2,1-3H3,(H,23,25). The van der Waals surface area contributed by atoms with Crippen molar-refractivity contribution >= 4 is 38.6 Å². The van der Waals surface area contributed by atoms with Crippen LogP contribution < -0.4 is 10.0 Å². The zero-order chi connectivity index (χ0) is 21.0. The van der Waals surface area contributed by atoms with Gasteiger partial charge in [-0.1, -0.05) is 13.0 Å². The van der Waals surface area contributed by atoms with Crippen LogP contribution in [-0.2, 0) is 10.0 Å². The van der Waals surface area contributed by atoms with Crippen molar-refractivity contribution in [3.8, 4) is 10.8 Å². The number of rotatable bonds is 7. The summed E-state index contributed by atoms with van der Waals surface area (Å²) in [5.41, 5.74) is 2.18. The highest BCUT2D eigenvalue weighted by Crippen LogP contribution is 2.28. The van der Waals surface area contributed by atoms with E-state index in [0.29, 0.717) is 44.8 Å². The van der Waals surface area contributed by atoms with Gasteiger partial charge in [0.2, 0.25) is 10.0 Å². The molecular formula is C19H21N5O3S2. The number of nitrogens with one attached hydrogen (secondary N) is 2. The van der Waals surface area contributed by atoms with Crippen LogP contribution in [0.1, 0.15) is 34.3 Å². The lowest BCUT2D eigenvalue weighted by Gasteiger charge is -2.14. The van der Waals surface area contributed by atoms with Crippen LogP contribution in [-0.4, -0.2) is 35.0 Å². The third-order valence-electron chi connectivity index (χ3n) is 4.08. The molecule has 0 bridgehead atoms. The highest BCUT2D eigenvalue weighted by Gasteiger charge is 2.19. The van der Waals surface area contributed by atoms with Crippen LogP contribution in [0.15, 0.2) is 36.7 Å². The summed E-state index contributed by atoms with van der Waals surface area (Å²) in [5, 5.41) is 3.41. The predicted molar refractivity (Wildman–Crippen MR) is 115 cm³/mol. The highest BCUT2D eigenvalue weighted by molar-refractivity contribution is 7.92. The Kier molecular flexibility index (Phi) is 6.23. The summed E-state index contributed by atoms with van der Waals surface area (Å²) in [5.74, 6) is 0.176. The number of carbonyl (C=O) groups is 1. The first kappa shape index (κ1) is 20.9. The number of sulfonamides is 1. The van der Waals surface area contributed by atoms with Gasteiger partial charge in [0.1, 0.15) is 4.88 Å². The van der Waals surface area contributed by atoms with E-state index in [1.54, 1.807) is 57.4 Å². The van der Waals surface area contributed by atoms with Crippen LogP contribution in [0, 0.1) is 13.8 Å². The number of thiazole rings is 1. The normalized spacial score (nSPS) is 11.3. The molecule has 3 rings (SSSR count). The summed E-state index contributed by atoms with van der Waals surface area (Å²) in [4.78, 5) is 26.0. The van der Waals surface area contributed by atoms with Crippen molar-refractivity contribution in [2.45, 2.75) is 27.2 Å². The predicted octanol–water partition coefficient (Wildman–Crippen LogP) is 3.62. The van der Waals surface area contributed by atoms with Gasteiger partial charge in [-0.2, -0.15) is 0 Å². The van der Waals surface area contributed by atoms with Crippen LogP contribution >= 0.6 is 11.3 Å². The van der Waals surface area contributed by atoms with Crippen molar-refractivity contribution in [3.05, 3.63) is 52.8 Å². The van der Waals surface area contributed by atoms with Gasteiger partial charge in [-0.05, 0) is 44.0 Å². The van der Waals surface area contributed by atoms with E-state index in [0.717, 1.165) is 0 Å². The highest BCUT2D eigenvalue weighted by atomic mass is 32.2. The Balaban J connectivity index is 1.83. The van der Waals surface area contributed by atoms with E-state index in [2.05, 4.69) is 25.0 Å². The average molecular weight is 432 g/mol. The lowest BCUT2D eigenvalue weighted by molar-refractivity contribution is 0.102. The largest absolute Gasteiger partial charge is 0.321 e. The van der Waals surface area contributed by atoms with Crippen LogP contribution in [0.3, 0.4) is 0 Å². The molecular weight excluding hydrogens is 410 g/mol. The van der Waals surface area contributed by atoms with Gasteiger partial charge < -0.3 is 5.32 Å². The number of nitrogens with zero attached hydrogens (tertiary/aromatic N) is 3. The third kappa shape index (κ3) is 4.96. The summed E-state index contributed by atoms with van der Waals surface area (Å²) >= 11 is 1.21. The molecule has 1 amide bonds. The molecule has 0 aliphatic heterocycles. The Morgan fingerprint density at radius 2 is 1.79 bits per heavy atom. The molecule has 2 N–H and O–H groups in total. The third-order valence-corrected chi connectivity index (χ3v) is 6.71. The number of aromatic nitrogens is 3. The summed E-state index contributed by atoms with van der Waals surface area (Å²) in [6.45, 7) is 5.30. The van der Waals surface area contributed by atoms with Crippen LogP contribution in [0.4, 0.5) is 11.4 Å². The molecule has 2 aromatic heterocycles. The summed E-state index contributed by atoms with van der Waals surface area (Å²) in [6, 6.07) is 6.79. The molecule has 2 heterocycles. The second-order valence-electron chi connectivity index (χ2n) is 6.36. The molecule has 0 aliphatic carbocycles. The van der Waals surface area contributed by atoms with Gasteiger partial charge in [0, 0.05) is 18.1 Å². The molecule has 8 nitrogen and oxygen atoms in total. The fraction of sp³-hybridized carbons (Fsp3) is 0.263. The molecule has 0 atom stereocenters. The Morgan fingerprint density at radius 3 is 2.48 bits per heavy atom. The van der Waals surface area contributed by atoms with E-state index in [-0.39, 0.29) is 11.7 Å². The quantitative estimate of drug-likeness (QED) is 0.591. The van der Waals surface area contributed by atoms with Crippen molar-refractivity contribution in [2.24, 2.45) is 0 Å². The molecule has 29 heavy (non-hydrogen) atoms. The first-order valence-corrected chi connectivity index (χ1v) is 11.4. The van der Waals surface area contributed by atoms with Gasteiger partial charge >= 0.3 is 0 Å². The van der Waals surface area contributed by atoms with Gasteiger partial charge in [0.15, 0.2) is 10.8 Å². The fourth-order valence-electron chi connectivity index (χ4n) is 2.66. The number of anilines is 2. The maximum atomic E-state index is 12.8. The van der Waals surface area contributed by atoms with E-state index in [1.165, 1.54) is 11.3 Å². The van der Waals surface area contributed by atoms with Crippen molar-refractivity contribution < 1.29 is 13.2 Å². The molecule has 152 valence electrons. The molecule has 0 saturated carbocycles. The first-order valence-electron chi connectivity index (χ1n) is 8.97.